The number of hydrogen-bond donors (Lipinski definition) is 1. The van der Waals surface area contributed by atoms with Crippen molar-refractivity contribution in [2.75, 3.05) is 14.2 Å². The molecule has 0 aliphatic carbocycles. The molecule has 2 atom stereocenters. The van der Waals surface area contributed by atoms with Crippen molar-refractivity contribution in [2.24, 2.45) is 0 Å². The molecule has 0 spiro atoms. The van der Waals surface area contributed by atoms with Gasteiger partial charge in [0.1, 0.15) is 5.75 Å². The molecular weight excluding hydrogens is 244 g/mol. The zero-order valence-corrected chi connectivity index (χ0v) is 11.7. The Morgan fingerprint density at radius 3 is 2.53 bits per heavy atom. The average Bonchev–Trinajstić information content (AvgIpc) is 2.39. The molecule has 0 aliphatic rings. The maximum Gasteiger partial charge on any atom is 0.330 e. The van der Waals surface area contributed by atoms with Gasteiger partial charge >= 0.3 is 5.97 Å². The van der Waals surface area contributed by atoms with Crippen molar-refractivity contribution in [1.82, 2.24) is 0 Å². The minimum absolute atomic E-state index is 0.259. The van der Waals surface area contributed by atoms with Crippen molar-refractivity contribution in [3.8, 4) is 5.75 Å². The first-order chi connectivity index (χ1) is 8.99. The molecule has 0 saturated heterocycles. The van der Waals surface area contributed by atoms with Crippen LogP contribution in [0.4, 0.5) is 0 Å². The van der Waals surface area contributed by atoms with Gasteiger partial charge in [-0.15, -0.1) is 0 Å². The molecule has 0 aromatic heterocycles. The summed E-state index contributed by atoms with van der Waals surface area (Å²) in [6.45, 7) is 3.63. The molecule has 0 amide bonds. The number of aliphatic hydroxyl groups is 1. The summed E-state index contributed by atoms with van der Waals surface area (Å²) >= 11 is 0. The molecule has 0 fully saturated rings. The van der Waals surface area contributed by atoms with Crippen molar-refractivity contribution >= 4 is 5.97 Å². The molecular formula is C15H20O4. The Hall–Kier alpha value is -1.81. The lowest BCUT2D eigenvalue weighted by Gasteiger charge is -2.19. The van der Waals surface area contributed by atoms with Gasteiger partial charge < -0.3 is 14.6 Å². The van der Waals surface area contributed by atoms with Gasteiger partial charge in [-0.05, 0) is 37.1 Å². The molecule has 0 heterocycles. The van der Waals surface area contributed by atoms with Crippen LogP contribution in [0.25, 0.3) is 0 Å². The number of methoxy groups -OCH3 is 2. The van der Waals surface area contributed by atoms with Crippen molar-refractivity contribution in [3.63, 3.8) is 0 Å². The topological polar surface area (TPSA) is 55.8 Å². The SMILES string of the molecule is COC(=O)/C=C/[C@@H](c1ccc(OC)cc1C)[C@H](C)O. The van der Waals surface area contributed by atoms with Gasteiger partial charge in [-0.3, -0.25) is 0 Å². The highest BCUT2D eigenvalue weighted by atomic mass is 16.5. The molecule has 0 saturated carbocycles. The molecule has 0 bridgehead atoms. The van der Waals surface area contributed by atoms with Gasteiger partial charge in [0.15, 0.2) is 0 Å². The van der Waals surface area contributed by atoms with Gasteiger partial charge in [-0.1, -0.05) is 12.1 Å². The van der Waals surface area contributed by atoms with Crippen LogP contribution in [-0.2, 0) is 9.53 Å². The number of aliphatic hydroxyl groups excluding tert-OH is 1. The van der Waals surface area contributed by atoms with Crippen LogP contribution in [0.2, 0.25) is 0 Å². The first-order valence-corrected chi connectivity index (χ1v) is 6.08. The van der Waals surface area contributed by atoms with E-state index >= 15 is 0 Å². The normalized spacial score (nSPS) is 14.2. The van der Waals surface area contributed by atoms with Gasteiger partial charge in [-0.25, -0.2) is 4.79 Å². The minimum atomic E-state index is -0.604. The van der Waals surface area contributed by atoms with Crippen molar-refractivity contribution in [2.45, 2.75) is 25.9 Å². The molecule has 1 rings (SSSR count). The number of benzene rings is 1. The second-order valence-electron chi connectivity index (χ2n) is 4.37. The van der Waals surface area contributed by atoms with E-state index in [1.165, 1.54) is 13.2 Å². The fourth-order valence-electron chi connectivity index (χ4n) is 1.92. The Bertz CT molecular complexity index is 463. The van der Waals surface area contributed by atoms with Crippen LogP contribution in [0, 0.1) is 6.92 Å². The number of aryl methyl sites for hydroxylation is 1. The average molecular weight is 264 g/mol. The van der Waals surface area contributed by atoms with E-state index in [2.05, 4.69) is 4.74 Å². The number of rotatable bonds is 5. The fourth-order valence-corrected chi connectivity index (χ4v) is 1.92. The lowest BCUT2D eigenvalue weighted by atomic mass is 9.90. The van der Waals surface area contributed by atoms with Crippen LogP contribution in [0.15, 0.2) is 30.4 Å². The summed E-state index contributed by atoms with van der Waals surface area (Å²) in [5.41, 5.74) is 1.95. The van der Waals surface area contributed by atoms with E-state index in [1.807, 2.05) is 25.1 Å². The zero-order valence-electron chi connectivity index (χ0n) is 11.7. The van der Waals surface area contributed by atoms with Gasteiger partial charge in [0, 0.05) is 12.0 Å². The lowest BCUT2D eigenvalue weighted by Crippen LogP contribution is -2.14. The summed E-state index contributed by atoms with van der Waals surface area (Å²) in [5, 5.41) is 9.87. The number of hydrogen-bond acceptors (Lipinski definition) is 4. The molecule has 0 unspecified atom stereocenters. The highest BCUT2D eigenvalue weighted by Gasteiger charge is 2.17. The third-order valence-corrected chi connectivity index (χ3v) is 3.00. The maximum atomic E-state index is 11.1. The van der Waals surface area contributed by atoms with E-state index in [-0.39, 0.29) is 5.92 Å². The molecule has 0 radical (unpaired) electrons. The highest BCUT2D eigenvalue weighted by molar-refractivity contribution is 5.81. The smallest absolute Gasteiger partial charge is 0.330 e. The Balaban J connectivity index is 3.06. The number of carbonyl (C=O) groups excluding carboxylic acids is 1. The van der Waals surface area contributed by atoms with Crippen LogP contribution in [-0.4, -0.2) is 31.4 Å². The third kappa shape index (κ3) is 4.10. The molecule has 0 aliphatic heterocycles. The molecule has 104 valence electrons. The first kappa shape index (κ1) is 15.2. The van der Waals surface area contributed by atoms with Crippen molar-refractivity contribution in [1.29, 1.82) is 0 Å². The first-order valence-electron chi connectivity index (χ1n) is 6.08. The molecule has 19 heavy (non-hydrogen) atoms. The van der Waals surface area contributed by atoms with E-state index in [4.69, 9.17) is 4.74 Å². The second kappa shape index (κ2) is 6.95. The summed E-state index contributed by atoms with van der Waals surface area (Å²) < 4.78 is 9.71. The van der Waals surface area contributed by atoms with E-state index in [0.717, 1.165) is 16.9 Å². The standard InChI is InChI=1S/C15H20O4/c1-10-9-12(18-3)5-6-13(10)14(11(2)16)7-8-15(17)19-4/h5-9,11,14,16H,1-4H3/b8-7+/t11-,14+/m0/s1. The van der Waals surface area contributed by atoms with Gasteiger partial charge in [0.25, 0.3) is 0 Å². The maximum absolute atomic E-state index is 11.1. The fraction of sp³-hybridized carbons (Fsp3) is 0.400. The highest BCUT2D eigenvalue weighted by Crippen LogP contribution is 2.27. The summed E-state index contributed by atoms with van der Waals surface area (Å²) in [7, 11) is 2.93. The third-order valence-electron chi connectivity index (χ3n) is 3.00. The van der Waals surface area contributed by atoms with Crippen molar-refractivity contribution in [3.05, 3.63) is 41.5 Å². The van der Waals surface area contributed by atoms with Crippen LogP contribution in [0.3, 0.4) is 0 Å². The lowest BCUT2D eigenvalue weighted by molar-refractivity contribution is -0.134. The molecule has 1 aromatic rings. The van der Waals surface area contributed by atoms with E-state index in [1.54, 1.807) is 20.1 Å². The Morgan fingerprint density at radius 1 is 1.37 bits per heavy atom. The van der Waals surface area contributed by atoms with E-state index < -0.39 is 12.1 Å². The summed E-state index contributed by atoms with van der Waals surface area (Å²) in [6, 6.07) is 5.63. The van der Waals surface area contributed by atoms with Gasteiger partial charge in [-0.2, -0.15) is 0 Å². The summed E-state index contributed by atoms with van der Waals surface area (Å²) in [6.07, 6.45) is 2.39. The number of esters is 1. The Labute approximate surface area is 113 Å². The van der Waals surface area contributed by atoms with Gasteiger partial charge in [0.05, 0.1) is 20.3 Å². The zero-order chi connectivity index (χ0) is 14.4. The molecule has 4 nitrogen and oxygen atoms in total. The van der Waals surface area contributed by atoms with Crippen LogP contribution < -0.4 is 4.74 Å². The van der Waals surface area contributed by atoms with Crippen LogP contribution in [0.5, 0.6) is 5.75 Å². The van der Waals surface area contributed by atoms with Crippen molar-refractivity contribution < 1.29 is 19.4 Å². The van der Waals surface area contributed by atoms with E-state index in [9.17, 15) is 9.90 Å². The largest absolute Gasteiger partial charge is 0.497 e. The predicted octanol–water partition coefficient (Wildman–Crippen LogP) is 2.20. The number of carbonyl (C=O) groups is 1. The minimum Gasteiger partial charge on any atom is -0.497 e. The van der Waals surface area contributed by atoms with Gasteiger partial charge in [0.2, 0.25) is 0 Å². The monoisotopic (exact) mass is 264 g/mol. The predicted molar refractivity (Wildman–Crippen MR) is 73.3 cm³/mol. The summed E-state index contributed by atoms with van der Waals surface area (Å²) in [5.74, 6) is 0.0735. The molecule has 1 aromatic carbocycles. The second-order valence-corrected chi connectivity index (χ2v) is 4.37. The molecule has 4 heteroatoms. The Morgan fingerprint density at radius 2 is 2.05 bits per heavy atom. The van der Waals surface area contributed by atoms with E-state index in [0.29, 0.717) is 0 Å². The summed E-state index contributed by atoms with van der Waals surface area (Å²) in [4.78, 5) is 11.1. The van der Waals surface area contributed by atoms with Crippen LogP contribution >= 0.6 is 0 Å². The Kier molecular flexibility index (Phi) is 5.57. The number of ether oxygens (including phenoxy) is 2. The quantitative estimate of drug-likeness (QED) is 0.654. The van der Waals surface area contributed by atoms with Crippen LogP contribution in [0.1, 0.15) is 24.0 Å². The molecule has 1 N–H and O–H groups in total.